The minimum absolute atomic E-state index is 0.00516. The SMILES string of the molecule is CCC1CCCC(NS(=O)(=O)c2cc(CO)oc2C)C1. The van der Waals surface area contributed by atoms with Crippen molar-refractivity contribution in [1.29, 1.82) is 0 Å². The van der Waals surface area contributed by atoms with Gasteiger partial charge in [-0.2, -0.15) is 0 Å². The fourth-order valence-corrected chi connectivity index (χ4v) is 4.41. The van der Waals surface area contributed by atoms with Crippen LogP contribution in [0.1, 0.15) is 50.5 Å². The third kappa shape index (κ3) is 3.42. The second kappa shape index (κ2) is 6.28. The molecule has 1 aromatic heterocycles. The molecule has 1 heterocycles. The Labute approximate surface area is 120 Å². The molecule has 1 aliphatic carbocycles. The van der Waals surface area contributed by atoms with Crippen LogP contribution in [0, 0.1) is 12.8 Å². The fraction of sp³-hybridized carbons (Fsp3) is 0.714. The van der Waals surface area contributed by atoms with Gasteiger partial charge in [-0.05, 0) is 25.7 Å². The van der Waals surface area contributed by atoms with Crippen LogP contribution in [0.3, 0.4) is 0 Å². The Balaban J connectivity index is 2.12. The van der Waals surface area contributed by atoms with Gasteiger partial charge in [0.05, 0.1) is 0 Å². The van der Waals surface area contributed by atoms with Gasteiger partial charge < -0.3 is 9.52 Å². The van der Waals surface area contributed by atoms with Crippen molar-refractivity contribution in [3.8, 4) is 0 Å². The quantitative estimate of drug-likeness (QED) is 0.874. The van der Waals surface area contributed by atoms with Crippen molar-refractivity contribution >= 4 is 10.0 Å². The van der Waals surface area contributed by atoms with Crippen molar-refractivity contribution in [2.45, 2.75) is 63.5 Å². The van der Waals surface area contributed by atoms with Crippen LogP contribution in [-0.4, -0.2) is 19.6 Å². The zero-order valence-electron chi connectivity index (χ0n) is 12.1. The van der Waals surface area contributed by atoms with Crippen molar-refractivity contribution in [1.82, 2.24) is 4.72 Å². The van der Waals surface area contributed by atoms with Crippen LogP contribution in [0.2, 0.25) is 0 Å². The molecular formula is C14H23NO4S. The molecule has 1 aromatic rings. The summed E-state index contributed by atoms with van der Waals surface area (Å²) in [6.45, 7) is 3.45. The highest BCUT2D eigenvalue weighted by atomic mass is 32.2. The number of hydrogen-bond donors (Lipinski definition) is 2. The van der Waals surface area contributed by atoms with E-state index in [4.69, 9.17) is 9.52 Å². The van der Waals surface area contributed by atoms with Gasteiger partial charge in [-0.25, -0.2) is 13.1 Å². The summed E-state index contributed by atoms with van der Waals surface area (Å²) in [6.07, 6.45) is 5.14. The molecule has 5 nitrogen and oxygen atoms in total. The maximum absolute atomic E-state index is 12.4. The number of hydrogen-bond acceptors (Lipinski definition) is 4. The molecule has 0 bridgehead atoms. The van der Waals surface area contributed by atoms with Gasteiger partial charge in [-0.1, -0.05) is 26.2 Å². The van der Waals surface area contributed by atoms with Gasteiger partial charge in [0.25, 0.3) is 0 Å². The average Bonchev–Trinajstić information content (AvgIpc) is 2.80. The Bertz CT molecular complexity index is 550. The summed E-state index contributed by atoms with van der Waals surface area (Å²) in [6, 6.07) is 1.41. The van der Waals surface area contributed by atoms with E-state index in [1.807, 2.05) is 0 Å². The molecule has 1 aliphatic rings. The molecule has 114 valence electrons. The Hall–Kier alpha value is -0.850. The third-order valence-electron chi connectivity index (χ3n) is 4.05. The third-order valence-corrected chi connectivity index (χ3v) is 5.68. The predicted molar refractivity (Wildman–Crippen MR) is 75.7 cm³/mol. The van der Waals surface area contributed by atoms with E-state index in [9.17, 15) is 8.42 Å². The Morgan fingerprint density at radius 3 is 2.80 bits per heavy atom. The molecule has 0 saturated heterocycles. The summed E-state index contributed by atoms with van der Waals surface area (Å²) in [7, 11) is -3.57. The van der Waals surface area contributed by atoms with E-state index in [0.717, 1.165) is 25.7 Å². The van der Waals surface area contributed by atoms with Crippen LogP contribution in [0.4, 0.5) is 0 Å². The van der Waals surface area contributed by atoms with Crippen LogP contribution in [0.15, 0.2) is 15.4 Å². The van der Waals surface area contributed by atoms with Crippen LogP contribution >= 0.6 is 0 Å². The molecule has 2 atom stereocenters. The molecule has 20 heavy (non-hydrogen) atoms. The summed E-state index contributed by atoms with van der Waals surface area (Å²) in [5, 5.41) is 9.02. The monoisotopic (exact) mass is 301 g/mol. The van der Waals surface area contributed by atoms with Crippen LogP contribution in [0.25, 0.3) is 0 Å². The lowest BCUT2D eigenvalue weighted by atomic mass is 9.85. The number of rotatable bonds is 5. The van der Waals surface area contributed by atoms with Gasteiger partial charge in [0, 0.05) is 12.1 Å². The highest BCUT2D eigenvalue weighted by Gasteiger charge is 2.28. The first-order chi connectivity index (χ1) is 9.46. The highest BCUT2D eigenvalue weighted by Crippen LogP contribution is 2.28. The summed E-state index contributed by atoms with van der Waals surface area (Å²) in [4.78, 5) is 0.139. The molecule has 0 amide bonds. The minimum atomic E-state index is -3.57. The lowest BCUT2D eigenvalue weighted by Crippen LogP contribution is -2.38. The van der Waals surface area contributed by atoms with Gasteiger partial charge in [0.15, 0.2) is 0 Å². The number of aryl methyl sites for hydroxylation is 1. The fourth-order valence-electron chi connectivity index (χ4n) is 2.92. The topological polar surface area (TPSA) is 79.5 Å². The van der Waals surface area contributed by atoms with Gasteiger partial charge in [0.2, 0.25) is 10.0 Å². The number of aliphatic hydroxyl groups is 1. The molecule has 2 rings (SSSR count). The Kier molecular flexibility index (Phi) is 4.88. The summed E-state index contributed by atoms with van der Waals surface area (Å²) in [5.41, 5.74) is 0. The molecule has 6 heteroatoms. The molecule has 0 aliphatic heterocycles. The van der Waals surface area contributed by atoms with Crippen molar-refractivity contribution in [2.24, 2.45) is 5.92 Å². The zero-order valence-corrected chi connectivity index (χ0v) is 12.9. The van der Waals surface area contributed by atoms with Crippen molar-refractivity contribution in [3.05, 3.63) is 17.6 Å². The van der Waals surface area contributed by atoms with E-state index >= 15 is 0 Å². The van der Waals surface area contributed by atoms with Crippen LogP contribution < -0.4 is 4.72 Å². The number of aliphatic hydroxyl groups excluding tert-OH is 1. The van der Waals surface area contributed by atoms with E-state index in [1.54, 1.807) is 6.92 Å². The molecular weight excluding hydrogens is 278 g/mol. The predicted octanol–water partition coefficient (Wildman–Crippen LogP) is 2.33. The van der Waals surface area contributed by atoms with Crippen molar-refractivity contribution in [2.75, 3.05) is 0 Å². The second-order valence-corrected chi connectivity index (χ2v) is 7.23. The molecule has 1 fully saturated rings. The lowest BCUT2D eigenvalue weighted by Gasteiger charge is -2.28. The number of sulfonamides is 1. The lowest BCUT2D eigenvalue weighted by molar-refractivity contribution is 0.244. The van der Waals surface area contributed by atoms with Gasteiger partial charge in [0.1, 0.15) is 23.0 Å². The average molecular weight is 301 g/mol. The van der Waals surface area contributed by atoms with E-state index < -0.39 is 10.0 Å². The first-order valence-corrected chi connectivity index (χ1v) is 8.67. The summed E-state index contributed by atoms with van der Waals surface area (Å²) < 4.78 is 32.8. The van der Waals surface area contributed by atoms with Gasteiger partial charge >= 0.3 is 0 Å². The van der Waals surface area contributed by atoms with Crippen molar-refractivity contribution < 1.29 is 17.9 Å². The summed E-state index contributed by atoms with van der Waals surface area (Å²) in [5.74, 6) is 1.21. The molecule has 2 N–H and O–H groups in total. The Morgan fingerprint density at radius 2 is 2.20 bits per heavy atom. The van der Waals surface area contributed by atoms with Crippen LogP contribution in [0.5, 0.6) is 0 Å². The molecule has 1 saturated carbocycles. The smallest absolute Gasteiger partial charge is 0.244 e. The van der Waals surface area contributed by atoms with Gasteiger partial charge in [-0.3, -0.25) is 0 Å². The maximum Gasteiger partial charge on any atom is 0.244 e. The number of furan rings is 1. The standard InChI is InChI=1S/C14H23NO4S/c1-3-11-5-4-6-12(7-11)15-20(17,18)14-8-13(9-16)19-10(14)2/h8,11-12,15-16H,3-7,9H2,1-2H3. The normalized spacial score (nSPS) is 23.9. The maximum atomic E-state index is 12.4. The first kappa shape index (κ1) is 15.5. The minimum Gasteiger partial charge on any atom is -0.462 e. The second-order valence-electron chi connectivity index (χ2n) is 5.55. The van der Waals surface area contributed by atoms with Crippen molar-refractivity contribution in [3.63, 3.8) is 0 Å². The van der Waals surface area contributed by atoms with Gasteiger partial charge in [-0.15, -0.1) is 0 Å². The summed E-state index contributed by atoms with van der Waals surface area (Å²) >= 11 is 0. The molecule has 0 aromatic carbocycles. The van der Waals surface area contributed by atoms with Crippen LogP contribution in [-0.2, 0) is 16.6 Å². The van der Waals surface area contributed by atoms with E-state index in [2.05, 4.69) is 11.6 Å². The number of nitrogens with one attached hydrogen (secondary N) is 1. The highest BCUT2D eigenvalue weighted by molar-refractivity contribution is 7.89. The largest absolute Gasteiger partial charge is 0.462 e. The molecule has 0 radical (unpaired) electrons. The van der Waals surface area contributed by atoms with E-state index in [-0.39, 0.29) is 23.3 Å². The zero-order chi connectivity index (χ0) is 14.8. The first-order valence-electron chi connectivity index (χ1n) is 7.18. The molecule has 0 spiro atoms. The Morgan fingerprint density at radius 1 is 1.45 bits per heavy atom. The van der Waals surface area contributed by atoms with E-state index in [0.29, 0.717) is 11.7 Å². The van der Waals surface area contributed by atoms with E-state index in [1.165, 1.54) is 12.5 Å². The molecule has 2 unspecified atom stereocenters.